The normalized spacial score (nSPS) is 17.0. The second kappa shape index (κ2) is 7.32. The highest BCUT2D eigenvalue weighted by atomic mass is 19.1. The molecule has 126 valence electrons. The molecule has 1 aliphatic heterocycles. The molecule has 1 fully saturated rings. The van der Waals surface area contributed by atoms with Crippen LogP contribution in [-0.2, 0) is 6.54 Å². The van der Waals surface area contributed by atoms with Gasteiger partial charge in [-0.05, 0) is 31.0 Å². The van der Waals surface area contributed by atoms with Crippen molar-refractivity contribution in [2.75, 3.05) is 46.5 Å². The molecule has 2 heterocycles. The number of nitrogens with zero attached hydrogens (tertiary/aromatic N) is 2. The Balaban J connectivity index is 1.72. The number of methoxy groups -OCH3 is 1. The number of aryl methyl sites for hydroxylation is 1. The summed E-state index contributed by atoms with van der Waals surface area (Å²) in [5.74, 6) is 0.967. The first-order valence-corrected chi connectivity index (χ1v) is 8.37. The van der Waals surface area contributed by atoms with Gasteiger partial charge in [-0.2, -0.15) is 0 Å². The fourth-order valence-corrected chi connectivity index (χ4v) is 3.46. The van der Waals surface area contributed by atoms with Crippen LogP contribution < -0.4 is 4.74 Å². The fraction of sp³-hybridized carbons (Fsp3) is 0.556. The van der Waals surface area contributed by atoms with Crippen molar-refractivity contribution in [1.29, 1.82) is 0 Å². The van der Waals surface area contributed by atoms with Crippen LogP contribution >= 0.6 is 0 Å². The van der Waals surface area contributed by atoms with E-state index < -0.39 is 0 Å². The molecule has 1 N–H and O–H groups in total. The molecule has 0 spiro atoms. The van der Waals surface area contributed by atoms with Crippen LogP contribution in [0.3, 0.4) is 0 Å². The maximum absolute atomic E-state index is 12.3. The van der Waals surface area contributed by atoms with Crippen molar-refractivity contribution >= 4 is 10.9 Å². The summed E-state index contributed by atoms with van der Waals surface area (Å²) < 4.78 is 17.9. The van der Waals surface area contributed by atoms with Gasteiger partial charge in [0.2, 0.25) is 0 Å². The minimum Gasteiger partial charge on any atom is -0.496 e. The number of halogens is 1. The van der Waals surface area contributed by atoms with Crippen molar-refractivity contribution in [2.45, 2.75) is 19.9 Å². The first-order chi connectivity index (χ1) is 11.2. The molecular formula is C18H26FN3O. The molecule has 1 saturated heterocycles. The summed E-state index contributed by atoms with van der Waals surface area (Å²) in [5, 5.41) is 1.25. The van der Waals surface area contributed by atoms with Crippen molar-refractivity contribution in [3.8, 4) is 5.75 Å². The highest BCUT2D eigenvalue weighted by Crippen LogP contribution is 2.31. The Labute approximate surface area is 137 Å². The largest absolute Gasteiger partial charge is 0.496 e. The lowest BCUT2D eigenvalue weighted by Crippen LogP contribution is -2.46. The van der Waals surface area contributed by atoms with E-state index in [1.54, 1.807) is 7.11 Å². The second-order valence-corrected chi connectivity index (χ2v) is 6.30. The zero-order valence-corrected chi connectivity index (χ0v) is 14.1. The van der Waals surface area contributed by atoms with Gasteiger partial charge in [-0.25, -0.2) is 0 Å². The molecule has 0 aliphatic carbocycles. The Morgan fingerprint density at radius 3 is 2.65 bits per heavy atom. The third-order valence-corrected chi connectivity index (χ3v) is 4.79. The van der Waals surface area contributed by atoms with Crippen LogP contribution in [0.4, 0.5) is 4.39 Å². The van der Waals surface area contributed by atoms with Crippen LogP contribution in [0, 0.1) is 6.92 Å². The number of aromatic nitrogens is 1. The van der Waals surface area contributed by atoms with Gasteiger partial charge in [-0.3, -0.25) is 9.29 Å². The summed E-state index contributed by atoms with van der Waals surface area (Å²) in [6.45, 7) is 7.75. The Morgan fingerprint density at radius 1 is 1.22 bits per heavy atom. The molecule has 0 radical (unpaired) electrons. The SMILES string of the molecule is COc1cc(C)c2[nH]ccc2c1CN1CCN(CCCF)CC1. The summed E-state index contributed by atoms with van der Waals surface area (Å²) >= 11 is 0. The Hall–Kier alpha value is -1.59. The van der Waals surface area contributed by atoms with E-state index in [9.17, 15) is 4.39 Å². The van der Waals surface area contributed by atoms with Gasteiger partial charge in [0.05, 0.1) is 13.8 Å². The first-order valence-electron chi connectivity index (χ1n) is 8.37. The number of benzene rings is 1. The number of alkyl halides is 1. The molecule has 2 aromatic rings. The van der Waals surface area contributed by atoms with Crippen molar-refractivity contribution in [3.63, 3.8) is 0 Å². The van der Waals surface area contributed by atoms with Crippen LogP contribution in [0.1, 0.15) is 17.5 Å². The van der Waals surface area contributed by atoms with E-state index in [1.165, 1.54) is 22.0 Å². The number of rotatable bonds is 6. The van der Waals surface area contributed by atoms with Crippen molar-refractivity contribution in [3.05, 3.63) is 29.5 Å². The number of H-pyrrole nitrogens is 1. The standard InChI is InChI=1S/C18H26FN3O/c1-14-12-17(23-2)16(15-4-6-20-18(14)15)13-22-10-8-21(9-11-22)7-3-5-19/h4,6,12,20H,3,5,7-11,13H2,1-2H3. The molecule has 5 heteroatoms. The monoisotopic (exact) mass is 319 g/mol. The molecule has 23 heavy (non-hydrogen) atoms. The molecule has 0 unspecified atom stereocenters. The highest BCUT2D eigenvalue weighted by Gasteiger charge is 2.20. The van der Waals surface area contributed by atoms with E-state index in [0.29, 0.717) is 6.42 Å². The first kappa shape index (κ1) is 16.3. The summed E-state index contributed by atoms with van der Waals surface area (Å²) in [7, 11) is 1.74. The topological polar surface area (TPSA) is 31.5 Å². The quantitative estimate of drug-likeness (QED) is 0.888. The molecule has 0 amide bonds. The van der Waals surface area contributed by atoms with Crippen LogP contribution in [0.5, 0.6) is 5.75 Å². The molecule has 1 aromatic carbocycles. The summed E-state index contributed by atoms with van der Waals surface area (Å²) in [6.07, 6.45) is 2.64. The van der Waals surface area contributed by atoms with Crippen LogP contribution in [0.15, 0.2) is 18.3 Å². The number of aromatic amines is 1. The van der Waals surface area contributed by atoms with Gasteiger partial charge < -0.3 is 14.6 Å². The zero-order chi connectivity index (χ0) is 16.2. The summed E-state index contributed by atoms with van der Waals surface area (Å²) in [4.78, 5) is 8.15. The number of ether oxygens (including phenoxy) is 1. The minimum absolute atomic E-state index is 0.216. The highest BCUT2D eigenvalue weighted by molar-refractivity contribution is 5.88. The molecule has 0 saturated carbocycles. The average Bonchev–Trinajstić information content (AvgIpc) is 3.07. The van der Waals surface area contributed by atoms with Gasteiger partial charge in [0.15, 0.2) is 0 Å². The second-order valence-electron chi connectivity index (χ2n) is 6.30. The zero-order valence-electron chi connectivity index (χ0n) is 14.1. The molecule has 1 aromatic heterocycles. The van der Waals surface area contributed by atoms with Gasteiger partial charge in [0.25, 0.3) is 0 Å². The maximum Gasteiger partial charge on any atom is 0.124 e. The van der Waals surface area contributed by atoms with Gasteiger partial charge in [-0.15, -0.1) is 0 Å². The minimum atomic E-state index is -0.216. The Bertz CT molecular complexity index is 647. The molecule has 3 rings (SSSR count). The summed E-state index contributed by atoms with van der Waals surface area (Å²) in [6, 6.07) is 4.25. The third kappa shape index (κ3) is 3.51. The molecule has 1 aliphatic rings. The number of nitrogens with one attached hydrogen (secondary N) is 1. The van der Waals surface area contributed by atoms with Gasteiger partial charge in [0, 0.05) is 61.9 Å². The van der Waals surface area contributed by atoms with E-state index in [-0.39, 0.29) is 6.67 Å². The lowest BCUT2D eigenvalue weighted by atomic mass is 10.0. The number of fused-ring (bicyclic) bond motifs is 1. The lowest BCUT2D eigenvalue weighted by Gasteiger charge is -2.35. The van der Waals surface area contributed by atoms with Gasteiger partial charge >= 0.3 is 0 Å². The number of hydrogen-bond acceptors (Lipinski definition) is 3. The van der Waals surface area contributed by atoms with Crippen LogP contribution in [0.2, 0.25) is 0 Å². The lowest BCUT2D eigenvalue weighted by molar-refractivity contribution is 0.124. The fourth-order valence-electron chi connectivity index (χ4n) is 3.46. The van der Waals surface area contributed by atoms with Crippen LogP contribution in [0.25, 0.3) is 10.9 Å². The van der Waals surface area contributed by atoms with E-state index in [4.69, 9.17) is 4.74 Å². The van der Waals surface area contributed by atoms with Gasteiger partial charge in [-0.1, -0.05) is 0 Å². The predicted molar refractivity (Wildman–Crippen MR) is 91.9 cm³/mol. The molecule has 0 atom stereocenters. The predicted octanol–water partition coefficient (Wildman–Crippen LogP) is 2.96. The molecule has 4 nitrogen and oxygen atoms in total. The number of piperazine rings is 1. The maximum atomic E-state index is 12.3. The van der Waals surface area contributed by atoms with Crippen molar-refractivity contribution < 1.29 is 9.13 Å². The Kier molecular flexibility index (Phi) is 5.18. The number of hydrogen-bond donors (Lipinski definition) is 1. The third-order valence-electron chi connectivity index (χ3n) is 4.79. The average molecular weight is 319 g/mol. The van der Waals surface area contributed by atoms with Crippen molar-refractivity contribution in [2.24, 2.45) is 0 Å². The van der Waals surface area contributed by atoms with Gasteiger partial charge in [0.1, 0.15) is 5.75 Å². The summed E-state index contributed by atoms with van der Waals surface area (Å²) in [5.41, 5.74) is 3.66. The molecule has 0 bridgehead atoms. The van der Waals surface area contributed by atoms with Crippen LogP contribution in [-0.4, -0.2) is 61.3 Å². The molecular weight excluding hydrogens is 293 g/mol. The smallest absolute Gasteiger partial charge is 0.124 e. The van der Waals surface area contributed by atoms with E-state index >= 15 is 0 Å². The van der Waals surface area contributed by atoms with Crippen molar-refractivity contribution in [1.82, 2.24) is 14.8 Å². The van der Waals surface area contributed by atoms with E-state index in [1.807, 2.05) is 6.20 Å². The van der Waals surface area contributed by atoms with E-state index in [0.717, 1.165) is 45.0 Å². The Morgan fingerprint density at radius 2 is 1.96 bits per heavy atom. The van der Waals surface area contributed by atoms with E-state index in [2.05, 4.69) is 33.8 Å².